The Morgan fingerprint density at radius 1 is 1.21 bits per heavy atom. The lowest BCUT2D eigenvalue weighted by molar-refractivity contribution is 0.0649. The summed E-state index contributed by atoms with van der Waals surface area (Å²) in [5.41, 5.74) is 16.2. The van der Waals surface area contributed by atoms with E-state index in [1.54, 1.807) is 6.92 Å². The van der Waals surface area contributed by atoms with Crippen LogP contribution in [0.5, 0.6) is 0 Å². The number of aliphatic hydroxyl groups excluding tert-OH is 1. The Balaban J connectivity index is 4.26. The lowest BCUT2D eigenvalue weighted by Crippen LogP contribution is -2.55. The van der Waals surface area contributed by atoms with Gasteiger partial charge in [-0.1, -0.05) is 6.92 Å². The van der Waals surface area contributed by atoms with Crippen LogP contribution in [0, 0.1) is 5.92 Å². The third-order valence-electron chi connectivity index (χ3n) is 3.05. The summed E-state index contributed by atoms with van der Waals surface area (Å²) in [6, 6.07) is 0. The quantitative estimate of drug-likeness (QED) is 0.497. The van der Waals surface area contributed by atoms with E-state index in [4.69, 9.17) is 17.2 Å². The Bertz CT molecular complexity index is 175. The van der Waals surface area contributed by atoms with Crippen molar-refractivity contribution >= 4 is 0 Å². The van der Waals surface area contributed by atoms with Gasteiger partial charge in [-0.25, -0.2) is 0 Å². The van der Waals surface area contributed by atoms with Crippen LogP contribution >= 0.6 is 0 Å². The van der Waals surface area contributed by atoms with Crippen molar-refractivity contribution in [3.05, 3.63) is 0 Å². The smallest absolute Gasteiger partial charge is 0.0732 e. The van der Waals surface area contributed by atoms with Gasteiger partial charge in [0.2, 0.25) is 0 Å². The van der Waals surface area contributed by atoms with E-state index in [0.717, 1.165) is 0 Å². The van der Waals surface area contributed by atoms with Crippen molar-refractivity contribution in [3.63, 3.8) is 0 Å². The fraction of sp³-hybridized carbons (Fsp3) is 1.00. The minimum Gasteiger partial charge on any atom is -0.391 e. The molecule has 7 N–H and O–H groups in total. The first-order valence-electron chi connectivity index (χ1n) is 5.07. The number of rotatable bonds is 5. The normalized spacial score (nSPS) is 21.4. The fourth-order valence-corrected chi connectivity index (χ4v) is 1.04. The summed E-state index contributed by atoms with van der Waals surface area (Å²) in [6.45, 7) is 7.93. The van der Waals surface area contributed by atoms with Crippen LogP contribution in [0.3, 0.4) is 0 Å². The van der Waals surface area contributed by atoms with E-state index in [-0.39, 0.29) is 18.0 Å². The highest BCUT2D eigenvalue weighted by Crippen LogP contribution is 2.22. The van der Waals surface area contributed by atoms with Gasteiger partial charge in [-0.15, -0.1) is 0 Å². The minimum absolute atomic E-state index is 0.201. The van der Waals surface area contributed by atoms with E-state index in [2.05, 4.69) is 0 Å². The van der Waals surface area contributed by atoms with E-state index >= 15 is 0 Å². The zero-order valence-electron chi connectivity index (χ0n) is 9.75. The molecule has 14 heavy (non-hydrogen) atoms. The largest absolute Gasteiger partial charge is 0.391 e. The molecule has 0 rings (SSSR count). The molecule has 0 heterocycles. The highest BCUT2D eigenvalue weighted by Gasteiger charge is 2.31. The summed E-state index contributed by atoms with van der Waals surface area (Å²) in [5.74, 6) is 0.201. The number of hydrogen-bond donors (Lipinski definition) is 4. The van der Waals surface area contributed by atoms with Crippen LogP contribution in [0.25, 0.3) is 0 Å². The maximum atomic E-state index is 9.85. The first-order chi connectivity index (χ1) is 6.11. The van der Waals surface area contributed by atoms with Gasteiger partial charge in [0.1, 0.15) is 0 Å². The van der Waals surface area contributed by atoms with Crippen LogP contribution in [-0.4, -0.2) is 28.8 Å². The van der Waals surface area contributed by atoms with Gasteiger partial charge in [0, 0.05) is 12.1 Å². The molecule has 0 aromatic carbocycles. The summed E-state index contributed by atoms with van der Waals surface area (Å²) in [5, 5.41) is 9.85. The minimum atomic E-state index is -0.723. The maximum Gasteiger partial charge on any atom is 0.0732 e. The van der Waals surface area contributed by atoms with Crippen molar-refractivity contribution in [2.45, 2.75) is 51.3 Å². The number of aliphatic hydroxyl groups is 1. The molecule has 0 saturated carbocycles. The van der Waals surface area contributed by atoms with Crippen LogP contribution in [0.15, 0.2) is 0 Å². The predicted octanol–water partition coefficient (Wildman–Crippen LogP) is -0.213. The van der Waals surface area contributed by atoms with Crippen molar-refractivity contribution in [2.24, 2.45) is 23.1 Å². The van der Waals surface area contributed by atoms with Gasteiger partial charge in [-0.05, 0) is 33.1 Å². The van der Waals surface area contributed by atoms with Crippen LogP contribution in [-0.2, 0) is 0 Å². The Morgan fingerprint density at radius 2 is 1.64 bits per heavy atom. The molecule has 0 saturated heterocycles. The van der Waals surface area contributed by atoms with E-state index in [9.17, 15) is 5.11 Å². The number of hydrogen-bond acceptors (Lipinski definition) is 4. The van der Waals surface area contributed by atoms with Crippen molar-refractivity contribution < 1.29 is 5.11 Å². The third-order valence-corrected chi connectivity index (χ3v) is 3.05. The van der Waals surface area contributed by atoms with Crippen LogP contribution < -0.4 is 17.2 Å². The molecule has 0 aromatic rings. The molecule has 0 aliphatic rings. The molecule has 86 valence electrons. The first kappa shape index (κ1) is 13.8. The molecular formula is C10H25N3O. The summed E-state index contributed by atoms with van der Waals surface area (Å²) in [7, 11) is 0. The van der Waals surface area contributed by atoms with Crippen LogP contribution in [0.4, 0.5) is 0 Å². The maximum absolute atomic E-state index is 9.85. The molecule has 0 aromatic heterocycles. The molecule has 3 atom stereocenters. The SMILES string of the molecule is CC(CC(O)C(C)(N)CN)C(C)(C)N. The molecule has 0 spiro atoms. The van der Waals surface area contributed by atoms with Gasteiger partial charge in [-0.2, -0.15) is 0 Å². The zero-order chi connectivity index (χ0) is 11.6. The van der Waals surface area contributed by atoms with Crippen molar-refractivity contribution in [2.75, 3.05) is 6.54 Å². The molecule has 0 radical (unpaired) electrons. The summed E-state index contributed by atoms with van der Waals surface area (Å²) < 4.78 is 0. The predicted molar refractivity (Wildman–Crippen MR) is 59.7 cm³/mol. The van der Waals surface area contributed by atoms with Gasteiger partial charge in [-0.3, -0.25) is 0 Å². The average molecular weight is 203 g/mol. The molecule has 3 unspecified atom stereocenters. The molecule has 0 fully saturated rings. The standard InChI is InChI=1S/C10H25N3O/c1-7(9(2,3)12)5-8(14)10(4,13)6-11/h7-8,14H,5-6,11-13H2,1-4H3. The third kappa shape index (κ3) is 3.92. The Labute approximate surface area is 86.8 Å². The average Bonchev–Trinajstić information content (AvgIpc) is 2.02. The van der Waals surface area contributed by atoms with Crippen molar-refractivity contribution in [1.82, 2.24) is 0 Å². The van der Waals surface area contributed by atoms with E-state index < -0.39 is 11.6 Å². The molecule has 0 aliphatic heterocycles. The van der Waals surface area contributed by atoms with Gasteiger partial charge in [0.05, 0.1) is 11.6 Å². The van der Waals surface area contributed by atoms with Gasteiger partial charge in [0.15, 0.2) is 0 Å². The summed E-state index contributed by atoms with van der Waals surface area (Å²) in [4.78, 5) is 0. The number of nitrogens with two attached hydrogens (primary N) is 3. The van der Waals surface area contributed by atoms with E-state index in [1.165, 1.54) is 0 Å². The van der Waals surface area contributed by atoms with Gasteiger partial charge >= 0.3 is 0 Å². The topological polar surface area (TPSA) is 98.3 Å². The van der Waals surface area contributed by atoms with Gasteiger partial charge < -0.3 is 22.3 Å². The molecular weight excluding hydrogens is 178 g/mol. The van der Waals surface area contributed by atoms with Crippen LogP contribution in [0.1, 0.15) is 34.1 Å². The Kier molecular flexibility index (Phi) is 4.52. The van der Waals surface area contributed by atoms with Gasteiger partial charge in [0.25, 0.3) is 0 Å². The summed E-state index contributed by atoms with van der Waals surface area (Å²) >= 11 is 0. The zero-order valence-corrected chi connectivity index (χ0v) is 9.75. The van der Waals surface area contributed by atoms with Crippen LogP contribution in [0.2, 0.25) is 0 Å². The van der Waals surface area contributed by atoms with E-state index in [1.807, 2.05) is 20.8 Å². The lowest BCUT2D eigenvalue weighted by Gasteiger charge is -2.35. The van der Waals surface area contributed by atoms with Crippen molar-refractivity contribution in [3.8, 4) is 0 Å². The second-order valence-corrected chi connectivity index (χ2v) is 5.18. The molecule has 0 aliphatic carbocycles. The first-order valence-corrected chi connectivity index (χ1v) is 5.07. The summed E-state index contributed by atoms with van der Waals surface area (Å²) in [6.07, 6.45) is -0.0291. The fourth-order valence-electron chi connectivity index (χ4n) is 1.04. The Hall–Kier alpha value is -0.160. The molecule has 4 heteroatoms. The lowest BCUT2D eigenvalue weighted by atomic mass is 9.81. The second kappa shape index (κ2) is 4.57. The molecule has 4 nitrogen and oxygen atoms in total. The van der Waals surface area contributed by atoms with Crippen molar-refractivity contribution in [1.29, 1.82) is 0 Å². The highest BCUT2D eigenvalue weighted by atomic mass is 16.3. The van der Waals surface area contributed by atoms with E-state index in [0.29, 0.717) is 6.42 Å². The Morgan fingerprint density at radius 3 is 1.93 bits per heavy atom. The molecule has 0 bridgehead atoms. The second-order valence-electron chi connectivity index (χ2n) is 5.18. The highest BCUT2D eigenvalue weighted by molar-refractivity contribution is 4.91. The molecule has 0 amide bonds. The monoisotopic (exact) mass is 203 g/mol.